The average molecular weight is 343 g/mol. The van der Waals surface area contributed by atoms with E-state index in [1.807, 2.05) is 0 Å². The van der Waals surface area contributed by atoms with E-state index in [2.05, 4.69) is 0 Å². The molecule has 0 saturated carbocycles. The van der Waals surface area contributed by atoms with Gasteiger partial charge >= 0.3 is 0 Å². The minimum absolute atomic E-state index is 0.0992. The predicted molar refractivity (Wildman–Crippen MR) is 83.9 cm³/mol. The van der Waals surface area contributed by atoms with E-state index in [0.717, 1.165) is 19.3 Å². The number of hydrogen-bond acceptors (Lipinski definition) is 4. The third-order valence-corrected chi connectivity index (χ3v) is 6.12. The number of methoxy groups -OCH3 is 2. The van der Waals surface area contributed by atoms with Crippen molar-refractivity contribution in [2.24, 2.45) is 0 Å². The summed E-state index contributed by atoms with van der Waals surface area (Å²) in [4.78, 5) is 0. The fourth-order valence-electron chi connectivity index (χ4n) is 2.50. The van der Waals surface area contributed by atoms with E-state index in [-0.39, 0.29) is 6.04 Å². The van der Waals surface area contributed by atoms with Crippen molar-refractivity contribution in [3.8, 4) is 0 Å². The summed E-state index contributed by atoms with van der Waals surface area (Å²) in [6, 6.07) is -0.0992. The summed E-state index contributed by atoms with van der Waals surface area (Å²) in [5.74, 6) is 0.343. The van der Waals surface area contributed by atoms with E-state index in [1.54, 1.807) is 18.5 Å². The van der Waals surface area contributed by atoms with Gasteiger partial charge in [-0.05, 0) is 19.3 Å². The number of hydrogen-bond donors (Lipinski definition) is 0. The molecule has 126 valence electrons. The minimum atomic E-state index is -3.49. The van der Waals surface area contributed by atoms with Crippen LogP contribution < -0.4 is 0 Å². The molecule has 1 saturated heterocycles. The number of ether oxygens (including phenoxy) is 2. The van der Waals surface area contributed by atoms with Crippen LogP contribution in [0.5, 0.6) is 0 Å². The number of nitrogens with zero attached hydrogens (tertiary/aromatic N) is 2. The van der Waals surface area contributed by atoms with Crippen molar-refractivity contribution in [2.45, 2.75) is 31.7 Å². The molecule has 1 heterocycles. The highest BCUT2D eigenvalue weighted by Crippen LogP contribution is 2.23. The normalized spacial score (nSPS) is 21.0. The molecule has 0 N–H and O–H groups in total. The first kappa shape index (κ1) is 19.1. The van der Waals surface area contributed by atoms with Crippen LogP contribution in [0.25, 0.3) is 0 Å². The lowest BCUT2D eigenvalue weighted by molar-refractivity contribution is 0.157. The van der Waals surface area contributed by atoms with E-state index in [9.17, 15) is 8.42 Å². The highest BCUT2D eigenvalue weighted by molar-refractivity contribution is 7.86. The van der Waals surface area contributed by atoms with Crippen molar-refractivity contribution in [3.63, 3.8) is 0 Å². The minimum Gasteiger partial charge on any atom is -0.385 e. The summed E-state index contributed by atoms with van der Waals surface area (Å²) in [7, 11) is -0.306. The Morgan fingerprint density at radius 1 is 1.19 bits per heavy atom. The fourth-order valence-corrected chi connectivity index (χ4v) is 4.78. The summed E-state index contributed by atoms with van der Waals surface area (Å²) >= 11 is 5.95. The number of rotatable bonds is 10. The Hall–Kier alpha value is 0.0800. The van der Waals surface area contributed by atoms with Crippen LogP contribution in [-0.4, -0.2) is 76.0 Å². The van der Waals surface area contributed by atoms with Crippen LogP contribution >= 0.6 is 11.6 Å². The Labute approximate surface area is 133 Å². The van der Waals surface area contributed by atoms with Gasteiger partial charge in [-0.15, -0.1) is 11.6 Å². The summed E-state index contributed by atoms with van der Waals surface area (Å²) in [5, 5.41) is 0. The molecule has 0 bridgehead atoms. The van der Waals surface area contributed by atoms with Gasteiger partial charge in [0.15, 0.2) is 0 Å². The molecule has 1 unspecified atom stereocenters. The topological polar surface area (TPSA) is 59.1 Å². The Kier molecular flexibility index (Phi) is 9.08. The molecular formula is C13H27ClN2O4S. The second kappa shape index (κ2) is 9.97. The zero-order valence-electron chi connectivity index (χ0n) is 13.0. The SMILES string of the molecule is COCCCN(CCOC)S(=O)(=O)N1CCCCC1CCl. The molecule has 1 fully saturated rings. The predicted octanol–water partition coefficient (Wildman–Crippen LogP) is 1.31. The number of halogens is 1. The maximum atomic E-state index is 12.9. The Morgan fingerprint density at radius 2 is 1.90 bits per heavy atom. The summed E-state index contributed by atoms with van der Waals surface area (Å²) < 4.78 is 38.8. The lowest BCUT2D eigenvalue weighted by Crippen LogP contribution is -2.52. The second-order valence-electron chi connectivity index (χ2n) is 5.16. The van der Waals surface area contributed by atoms with Crippen molar-refractivity contribution >= 4 is 21.8 Å². The Bertz CT molecular complexity index is 380. The number of alkyl halides is 1. The van der Waals surface area contributed by atoms with E-state index >= 15 is 0 Å². The molecule has 0 aromatic heterocycles. The monoisotopic (exact) mass is 342 g/mol. The van der Waals surface area contributed by atoms with Gasteiger partial charge in [0.1, 0.15) is 0 Å². The zero-order valence-corrected chi connectivity index (χ0v) is 14.5. The molecule has 0 spiro atoms. The van der Waals surface area contributed by atoms with Gasteiger partial charge < -0.3 is 9.47 Å². The molecule has 0 aromatic carbocycles. The summed E-state index contributed by atoms with van der Waals surface area (Å²) in [6.45, 7) is 2.26. The van der Waals surface area contributed by atoms with Crippen molar-refractivity contribution in [2.75, 3.05) is 52.9 Å². The highest BCUT2D eigenvalue weighted by Gasteiger charge is 2.35. The van der Waals surface area contributed by atoms with Crippen LogP contribution in [0.4, 0.5) is 0 Å². The van der Waals surface area contributed by atoms with E-state index in [0.29, 0.717) is 45.1 Å². The Balaban J connectivity index is 2.79. The molecule has 1 atom stereocenters. The first-order chi connectivity index (χ1) is 10.1. The van der Waals surface area contributed by atoms with Crippen molar-refractivity contribution < 1.29 is 17.9 Å². The fraction of sp³-hybridized carbons (Fsp3) is 1.00. The molecule has 0 radical (unpaired) electrons. The standard InChI is InChI=1S/C13H27ClN2O4S/c1-19-10-5-7-15(9-11-20-2)21(17,18)16-8-4-3-6-13(16)12-14/h13H,3-12H2,1-2H3. The zero-order chi connectivity index (χ0) is 15.7. The average Bonchev–Trinajstić information content (AvgIpc) is 2.50. The second-order valence-corrected chi connectivity index (χ2v) is 7.35. The van der Waals surface area contributed by atoms with Crippen LogP contribution in [0, 0.1) is 0 Å². The van der Waals surface area contributed by atoms with E-state index in [1.165, 1.54) is 4.31 Å². The first-order valence-electron chi connectivity index (χ1n) is 7.38. The van der Waals surface area contributed by atoms with E-state index in [4.69, 9.17) is 21.1 Å². The van der Waals surface area contributed by atoms with Gasteiger partial charge in [-0.1, -0.05) is 6.42 Å². The summed E-state index contributed by atoms with van der Waals surface area (Å²) in [6.07, 6.45) is 3.42. The van der Waals surface area contributed by atoms with Gasteiger partial charge in [0.25, 0.3) is 10.2 Å². The molecule has 21 heavy (non-hydrogen) atoms. The molecule has 1 rings (SSSR count). The third kappa shape index (κ3) is 5.65. The summed E-state index contributed by atoms with van der Waals surface area (Å²) in [5.41, 5.74) is 0. The van der Waals surface area contributed by atoms with Gasteiger partial charge in [0.05, 0.1) is 6.61 Å². The molecule has 0 aliphatic carbocycles. The van der Waals surface area contributed by atoms with Crippen LogP contribution in [0.15, 0.2) is 0 Å². The van der Waals surface area contributed by atoms with Crippen LogP contribution in [0.1, 0.15) is 25.7 Å². The molecule has 0 amide bonds. The van der Waals surface area contributed by atoms with Crippen molar-refractivity contribution in [1.29, 1.82) is 0 Å². The van der Waals surface area contributed by atoms with Crippen LogP contribution in [-0.2, 0) is 19.7 Å². The van der Waals surface area contributed by atoms with Gasteiger partial charge in [-0.25, -0.2) is 0 Å². The first-order valence-corrected chi connectivity index (χ1v) is 9.31. The van der Waals surface area contributed by atoms with Gasteiger partial charge in [-0.2, -0.15) is 17.0 Å². The smallest absolute Gasteiger partial charge is 0.282 e. The highest BCUT2D eigenvalue weighted by atomic mass is 35.5. The van der Waals surface area contributed by atoms with Crippen molar-refractivity contribution in [1.82, 2.24) is 8.61 Å². The quantitative estimate of drug-likeness (QED) is 0.443. The molecule has 6 nitrogen and oxygen atoms in total. The van der Waals surface area contributed by atoms with Gasteiger partial charge in [-0.3, -0.25) is 0 Å². The lowest BCUT2D eigenvalue weighted by Gasteiger charge is -2.37. The lowest BCUT2D eigenvalue weighted by atomic mass is 10.1. The van der Waals surface area contributed by atoms with Gasteiger partial charge in [0.2, 0.25) is 0 Å². The molecule has 1 aliphatic rings. The van der Waals surface area contributed by atoms with Crippen molar-refractivity contribution in [3.05, 3.63) is 0 Å². The Morgan fingerprint density at radius 3 is 2.52 bits per heavy atom. The van der Waals surface area contributed by atoms with Crippen LogP contribution in [0.3, 0.4) is 0 Å². The maximum absolute atomic E-state index is 12.9. The molecule has 1 aliphatic heterocycles. The third-order valence-electron chi connectivity index (χ3n) is 3.67. The van der Waals surface area contributed by atoms with E-state index < -0.39 is 10.2 Å². The molecule has 0 aromatic rings. The largest absolute Gasteiger partial charge is 0.385 e. The van der Waals surface area contributed by atoms with Crippen LogP contribution in [0.2, 0.25) is 0 Å². The van der Waals surface area contributed by atoms with Gasteiger partial charge in [0, 0.05) is 52.4 Å². The molecular weight excluding hydrogens is 316 g/mol. The number of piperidine rings is 1. The molecule has 8 heteroatoms. The maximum Gasteiger partial charge on any atom is 0.282 e.